The average Bonchev–Trinajstić information content (AvgIpc) is 3.03. The molecule has 1 heterocycles. The second-order valence-corrected chi connectivity index (χ2v) is 8.05. The van der Waals surface area contributed by atoms with E-state index in [0.717, 1.165) is 0 Å². The molecule has 1 N–H and O–H groups in total. The maximum atomic E-state index is 12.5. The van der Waals surface area contributed by atoms with Gasteiger partial charge in [0.05, 0.1) is 5.75 Å². The lowest BCUT2D eigenvalue weighted by atomic mass is 10.2. The van der Waals surface area contributed by atoms with E-state index in [1.165, 1.54) is 28.6 Å². The number of ether oxygens (including phenoxy) is 1. The summed E-state index contributed by atoms with van der Waals surface area (Å²) in [6.07, 6.45) is -3.03. The molecule has 0 radical (unpaired) electrons. The zero-order valence-electron chi connectivity index (χ0n) is 14.3. The molecule has 1 aliphatic heterocycles. The molecule has 0 spiro atoms. The molecular formula is C16H21F3N2O4S. The Hall–Kier alpha value is -1.81. The van der Waals surface area contributed by atoms with E-state index in [1.54, 1.807) is 6.92 Å². The maximum Gasteiger partial charge on any atom is 0.422 e. The van der Waals surface area contributed by atoms with Gasteiger partial charge in [-0.3, -0.25) is 4.79 Å². The highest BCUT2D eigenvalue weighted by molar-refractivity contribution is 7.89. The van der Waals surface area contributed by atoms with Crippen LogP contribution >= 0.6 is 0 Å². The molecular weight excluding hydrogens is 373 g/mol. The first-order valence-corrected chi connectivity index (χ1v) is 9.83. The molecule has 0 saturated carbocycles. The van der Waals surface area contributed by atoms with Crippen LogP contribution in [0, 0.1) is 0 Å². The first-order valence-electron chi connectivity index (χ1n) is 8.22. The van der Waals surface area contributed by atoms with Gasteiger partial charge in [0.25, 0.3) is 0 Å². The first kappa shape index (κ1) is 20.5. The predicted octanol–water partition coefficient (Wildman–Crippen LogP) is 2.77. The Balaban J connectivity index is 2.05. The van der Waals surface area contributed by atoms with Crippen molar-refractivity contribution in [2.45, 2.75) is 38.4 Å². The summed E-state index contributed by atoms with van der Waals surface area (Å²) in [4.78, 5) is 12.5. The Morgan fingerprint density at radius 1 is 1.38 bits per heavy atom. The molecule has 1 fully saturated rings. The van der Waals surface area contributed by atoms with Crippen LogP contribution in [0.2, 0.25) is 0 Å². The smallest absolute Gasteiger partial charge is 0.422 e. The van der Waals surface area contributed by atoms with Crippen molar-refractivity contribution in [3.63, 3.8) is 0 Å². The number of hydrogen-bond donors (Lipinski definition) is 1. The highest BCUT2D eigenvalue weighted by Gasteiger charge is 2.38. The van der Waals surface area contributed by atoms with E-state index in [2.05, 4.69) is 10.1 Å². The van der Waals surface area contributed by atoms with Crippen LogP contribution in [-0.2, 0) is 14.8 Å². The number of carbonyl (C=O) groups is 1. The van der Waals surface area contributed by atoms with Crippen LogP contribution in [0.25, 0.3) is 0 Å². The summed E-state index contributed by atoms with van der Waals surface area (Å²) in [5, 5.41) is 2.56. The van der Waals surface area contributed by atoms with E-state index in [9.17, 15) is 26.4 Å². The summed E-state index contributed by atoms with van der Waals surface area (Å²) in [6, 6.07) is 4.74. The van der Waals surface area contributed by atoms with Crippen molar-refractivity contribution in [3.8, 4) is 5.75 Å². The summed E-state index contributed by atoms with van der Waals surface area (Å²) in [7, 11) is -3.51. The molecule has 1 atom stereocenters. The number of hydrogen-bond acceptors (Lipinski definition) is 4. The minimum atomic E-state index is -4.46. The molecule has 0 aromatic heterocycles. The fraction of sp³-hybridized carbons (Fsp3) is 0.562. The third kappa shape index (κ3) is 5.60. The third-order valence-electron chi connectivity index (χ3n) is 3.83. The fourth-order valence-electron chi connectivity index (χ4n) is 2.76. The molecule has 1 unspecified atom stereocenters. The van der Waals surface area contributed by atoms with Gasteiger partial charge in [-0.1, -0.05) is 13.0 Å². The standard InChI is InChI=1S/C16H21F3N2O4S/c1-2-9-26(23,24)21-8-4-7-14(21)15(22)20-12-5-3-6-13(10-12)25-11-16(17,18)19/h3,5-6,10,14H,2,4,7-9,11H2,1H3,(H,20,22). The highest BCUT2D eigenvalue weighted by Crippen LogP contribution is 2.25. The van der Waals surface area contributed by atoms with Crippen molar-refractivity contribution in [1.29, 1.82) is 0 Å². The summed E-state index contributed by atoms with van der Waals surface area (Å²) < 4.78 is 67.0. The van der Waals surface area contributed by atoms with Crippen LogP contribution in [0.3, 0.4) is 0 Å². The Labute approximate surface area is 150 Å². The van der Waals surface area contributed by atoms with Crippen LogP contribution in [0.4, 0.5) is 18.9 Å². The Morgan fingerprint density at radius 3 is 2.77 bits per heavy atom. The van der Waals surface area contributed by atoms with Gasteiger partial charge in [-0.05, 0) is 31.4 Å². The van der Waals surface area contributed by atoms with Crippen molar-refractivity contribution < 1.29 is 31.1 Å². The number of alkyl halides is 3. The molecule has 1 amide bonds. The number of anilines is 1. The molecule has 1 aromatic carbocycles. The van der Waals surface area contributed by atoms with E-state index in [4.69, 9.17) is 0 Å². The summed E-state index contributed by atoms with van der Waals surface area (Å²) in [5.74, 6) is -0.575. The number of nitrogens with zero attached hydrogens (tertiary/aromatic N) is 1. The fourth-order valence-corrected chi connectivity index (χ4v) is 4.51. The largest absolute Gasteiger partial charge is 0.484 e. The highest BCUT2D eigenvalue weighted by atomic mass is 32.2. The van der Waals surface area contributed by atoms with Crippen molar-refractivity contribution in [2.75, 3.05) is 24.2 Å². The minimum absolute atomic E-state index is 0.0302. The van der Waals surface area contributed by atoms with E-state index in [-0.39, 0.29) is 23.7 Å². The normalized spacial score (nSPS) is 18.7. The zero-order valence-corrected chi connectivity index (χ0v) is 15.1. The van der Waals surface area contributed by atoms with Gasteiger partial charge in [0.15, 0.2) is 6.61 Å². The Bertz CT molecular complexity index is 737. The lowest BCUT2D eigenvalue weighted by Gasteiger charge is -2.23. The van der Waals surface area contributed by atoms with Crippen LogP contribution < -0.4 is 10.1 Å². The van der Waals surface area contributed by atoms with Crippen LogP contribution in [-0.4, -0.2) is 49.8 Å². The van der Waals surface area contributed by atoms with E-state index < -0.39 is 34.8 Å². The second kappa shape index (κ2) is 8.26. The van der Waals surface area contributed by atoms with Crippen molar-refractivity contribution in [1.82, 2.24) is 4.31 Å². The number of carbonyl (C=O) groups excluding carboxylic acids is 1. The minimum Gasteiger partial charge on any atom is -0.484 e. The first-order chi connectivity index (χ1) is 12.1. The lowest BCUT2D eigenvalue weighted by Crippen LogP contribution is -2.44. The van der Waals surface area contributed by atoms with Gasteiger partial charge in [0.1, 0.15) is 11.8 Å². The molecule has 26 heavy (non-hydrogen) atoms. The second-order valence-electron chi connectivity index (χ2n) is 6.01. The Kier molecular flexibility index (Phi) is 6.51. The van der Waals surface area contributed by atoms with Gasteiger partial charge in [-0.2, -0.15) is 17.5 Å². The number of benzene rings is 1. The quantitative estimate of drug-likeness (QED) is 0.772. The van der Waals surface area contributed by atoms with Gasteiger partial charge in [-0.25, -0.2) is 8.42 Å². The van der Waals surface area contributed by atoms with Crippen LogP contribution in [0.5, 0.6) is 5.75 Å². The summed E-state index contributed by atoms with van der Waals surface area (Å²) in [5.41, 5.74) is 0.245. The number of nitrogens with one attached hydrogen (secondary N) is 1. The SMILES string of the molecule is CCCS(=O)(=O)N1CCCC1C(=O)Nc1cccc(OCC(F)(F)F)c1. The van der Waals surface area contributed by atoms with Crippen molar-refractivity contribution in [3.05, 3.63) is 24.3 Å². The topological polar surface area (TPSA) is 75.7 Å². The molecule has 10 heteroatoms. The summed E-state index contributed by atoms with van der Waals surface area (Å²) >= 11 is 0. The van der Waals surface area contributed by atoms with Crippen LogP contribution in [0.1, 0.15) is 26.2 Å². The summed E-state index contributed by atoms with van der Waals surface area (Å²) in [6.45, 7) is 0.598. The molecule has 1 aliphatic rings. The van der Waals surface area contributed by atoms with Gasteiger partial charge in [0.2, 0.25) is 15.9 Å². The van der Waals surface area contributed by atoms with Gasteiger partial charge in [0, 0.05) is 18.3 Å². The molecule has 0 aliphatic carbocycles. The molecule has 6 nitrogen and oxygen atoms in total. The predicted molar refractivity (Wildman–Crippen MR) is 90.4 cm³/mol. The molecule has 1 saturated heterocycles. The zero-order chi connectivity index (χ0) is 19.4. The lowest BCUT2D eigenvalue weighted by molar-refractivity contribution is -0.153. The number of rotatable bonds is 7. The van der Waals surface area contributed by atoms with Gasteiger partial charge < -0.3 is 10.1 Å². The average molecular weight is 394 g/mol. The van der Waals surface area contributed by atoms with Crippen LogP contribution in [0.15, 0.2) is 24.3 Å². The number of halogens is 3. The molecule has 146 valence electrons. The van der Waals surface area contributed by atoms with E-state index in [1.807, 2.05) is 0 Å². The van der Waals surface area contributed by atoms with Crippen molar-refractivity contribution >= 4 is 21.6 Å². The number of amides is 1. The van der Waals surface area contributed by atoms with Gasteiger partial charge >= 0.3 is 6.18 Å². The van der Waals surface area contributed by atoms with Crippen molar-refractivity contribution in [2.24, 2.45) is 0 Å². The van der Waals surface area contributed by atoms with Gasteiger partial charge in [-0.15, -0.1) is 0 Å². The maximum absolute atomic E-state index is 12.5. The molecule has 1 aromatic rings. The van der Waals surface area contributed by atoms with E-state index in [0.29, 0.717) is 19.3 Å². The molecule has 0 bridgehead atoms. The Morgan fingerprint density at radius 2 is 2.12 bits per heavy atom. The number of sulfonamides is 1. The van der Waals surface area contributed by atoms with E-state index >= 15 is 0 Å². The monoisotopic (exact) mass is 394 g/mol. The molecule has 2 rings (SSSR count). The third-order valence-corrected chi connectivity index (χ3v) is 5.91.